The van der Waals surface area contributed by atoms with E-state index in [-0.39, 0.29) is 49.0 Å². The van der Waals surface area contributed by atoms with Crippen LogP contribution in [0.2, 0.25) is 0 Å². The fourth-order valence-corrected chi connectivity index (χ4v) is 3.75. The summed E-state index contributed by atoms with van der Waals surface area (Å²) in [6.07, 6.45) is -16.6. The van der Waals surface area contributed by atoms with Crippen LogP contribution in [0.5, 0.6) is 0 Å². The third-order valence-corrected chi connectivity index (χ3v) is 5.34. The molecular weight excluding hydrogens is 521 g/mol. The molecular formula is C24H22F9NO3. The number of ether oxygens (including phenoxy) is 1. The number of anilines is 1. The zero-order chi connectivity index (χ0) is 28.3. The van der Waals surface area contributed by atoms with Gasteiger partial charge in [-0.3, -0.25) is 9.69 Å². The third-order valence-electron chi connectivity index (χ3n) is 5.34. The largest absolute Gasteiger partial charge is 0.449 e. The van der Waals surface area contributed by atoms with Crippen molar-refractivity contribution in [3.8, 4) is 0 Å². The predicted molar refractivity (Wildman–Crippen MR) is 115 cm³/mol. The first-order valence-corrected chi connectivity index (χ1v) is 11.0. The maximum atomic E-state index is 13.3. The number of hydrogen-bond acceptors (Lipinski definition) is 3. The Kier molecular flexibility index (Phi) is 8.92. The number of carbonyl (C=O) groups is 2. The van der Waals surface area contributed by atoms with Crippen LogP contribution >= 0.6 is 0 Å². The second kappa shape index (κ2) is 11.0. The van der Waals surface area contributed by atoms with Crippen molar-refractivity contribution in [2.45, 2.75) is 51.6 Å². The number of ketones is 1. The molecule has 0 saturated carbocycles. The van der Waals surface area contributed by atoms with Crippen LogP contribution in [0, 0.1) is 0 Å². The molecule has 13 heteroatoms. The maximum Gasteiger partial charge on any atom is 0.416 e. The SMILES string of the molecule is CC.CCOC(=O)N1CCC(C(=O)c2cc(C(F)(F)F)cc(C(F)(F)F)c2)c2cc(C(F)(F)F)ccc21. The zero-order valence-electron chi connectivity index (χ0n) is 19.7. The molecule has 0 aromatic heterocycles. The van der Waals surface area contributed by atoms with Gasteiger partial charge in [0.05, 0.1) is 34.9 Å². The summed E-state index contributed by atoms with van der Waals surface area (Å²) in [7, 11) is 0. The minimum atomic E-state index is -5.22. The highest BCUT2D eigenvalue weighted by Gasteiger charge is 2.41. The van der Waals surface area contributed by atoms with Crippen LogP contribution in [-0.4, -0.2) is 25.0 Å². The third kappa shape index (κ3) is 6.75. The number of nitrogens with zero attached hydrogens (tertiary/aromatic N) is 1. The summed E-state index contributed by atoms with van der Waals surface area (Å²) in [5, 5.41) is 0. The van der Waals surface area contributed by atoms with Crippen LogP contribution in [0.3, 0.4) is 0 Å². The average molecular weight is 543 g/mol. The Bertz CT molecular complexity index is 1110. The van der Waals surface area contributed by atoms with E-state index < -0.39 is 58.6 Å². The van der Waals surface area contributed by atoms with Crippen molar-refractivity contribution >= 4 is 17.6 Å². The van der Waals surface area contributed by atoms with Gasteiger partial charge in [-0.05, 0) is 55.3 Å². The number of hydrogen-bond donors (Lipinski definition) is 0. The standard InChI is InChI=1S/C22H16F9NO3.C2H6/c1-2-35-19(34)32-6-5-15(16-10-12(20(23,24)25)3-4-17(16)32)18(33)11-7-13(21(26,27)28)9-14(8-11)22(29,30)31;1-2/h3-4,7-10,15H,2,5-6H2,1H3;1-2H3. The molecule has 1 amide bonds. The van der Waals surface area contributed by atoms with Crippen LogP contribution in [0.15, 0.2) is 36.4 Å². The van der Waals surface area contributed by atoms with Crippen molar-refractivity contribution in [1.29, 1.82) is 0 Å². The van der Waals surface area contributed by atoms with Crippen LogP contribution in [0.4, 0.5) is 50.0 Å². The number of benzene rings is 2. The van der Waals surface area contributed by atoms with E-state index in [2.05, 4.69) is 0 Å². The summed E-state index contributed by atoms with van der Waals surface area (Å²) in [5.41, 5.74) is -6.17. The van der Waals surface area contributed by atoms with Gasteiger partial charge < -0.3 is 4.74 Å². The van der Waals surface area contributed by atoms with E-state index in [4.69, 9.17) is 4.74 Å². The van der Waals surface area contributed by atoms with E-state index >= 15 is 0 Å². The van der Waals surface area contributed by atoms with Gasteiger partial charge in [0.2, 0.25) is 0 Å². The molecule has 0 saturated heterocycles. The highest BCUT2D eigenvalue weighted by atomic mass is 19.4. The molecule has 37 heavy (non-hydrogen) atoms. The van der Waals surface area contributed by atoms with E-state index in [1.54, 1.807) is 0 Å². The van der Waals surface area contributed by atoms with Crippen molar-refractivity contribution in [3.63, 3.8) is 0 Å². The van der Waals surface area contributed by atoms with E-state index in [1.165, 1.54) is 6.92 Å². The Morgan fingerprint density at radius 1 is 0.838 bits per heavy atom. The van der Waals surface area contributed by atoms with Gasteiger partial charge in [-0.15, -0.1) is 0 Å². The van der Waals surface area contributed by atoms with Crippen molar-refractivity contribution in [2.75, 3.05) is 18.1 Å². The van der Waals surface area contributed by atoms with Crippen LogP contribution < -0.4 is 4.90 Å². The minimum Gasteiger partial charge on any atom is -0.449 e. The predicted octanol–water partition coefficient (Wildman–Crippen LogP) is 8.10. The number of fused-ring (bicyclic) bond motifs is 1. The number of carbonyl (C=O) groups excluding carboxylic acids is 2. The van der Waals surface area contributed by atoms with Crippen LogP contribution in [-0.2, 0) is 23.3 Å². The molecule has 0 spiro atoms. The normalized spacial score (nSPS) is 15.9. The highest BCUT2D eigenvalue weighted by Crippen LogP contribution is 2.43. The van der Waals surface area contributed by atoms with Gasteiger partial charge in [0.25, 0.3) is 0 Å². The molecule has 204 valence electrons. The Balaban J connectivity index is 0.00000235. The van der Waals surface area contributed by atoms with Crippen molar-refractivity contribution < 1.29 is 53.8 Å². The average Bonchev–Trinajstić information content (AvgIpc) is 2.82. The van der Waals surface area contributed by atoms with Crippen molar-refractivity contribution in [1.82, 2.24) is 0 Å². The zero-order valence-corrected chi connectivity index (χ0v) is 19.7. The lowest BCUT2D eigenvalue weighted by atomic mass is 9.82. The molecule has 2 aromatic carbocycles. The molecule has 1 aliphatic heterocycles. The number of rotatable bonds is 3. The van der Waals surface area contributed by atoms with Gasteiger partial charge in [0.1, 0.15) is 0 Å². The first kappa shape index (κ1) is 30.0. The summed E-state index contributed by atoms with van der Waals surface area (Å²) in [4.78, 5) is 26.3. The quantitative estimate of drug-likeness (QED) is 0.290. The molecule has 0 aliphatic carbocycles. The summed E-state index contributed by atoms with van der Waals surface area (Å²) < 4.78 is 124. The van der Waals surface area contributed by atoms with Gasteiger partial charge >= 0.3 is 24.6 Å². The Morgan fingerprint density at radius 3 is 1.81 bits per heavy atom. The summed E-state index contributed by atoms with van der Waals surface area (Å²) in [6, 6.07) is 2.40. The molecule has 1 heterocycles. The minimum absolute atomic E-state index is 0.0713. The Labute approximate surface area is 206 Å². The fraction of sp³-hybridized carbons (Fsp3) is 0.417. The second-order valence-electron chi connectivity index (χ2n) is 7.62. The number of halogens is 9. The topological polar surface area (TPSA) is 46.6 Å². The van der Waals surface area contributed by atoms with Gasteiger partial charge in [0, 0.05) is 12.1 Å². The molecule has 3 rings (SSSR count). The molecule has 2 aromatic rings. The number of amides is 1. The second-order valence-corrected chi connectivity index (χ2v) is 7.62. The van der Waals surface area contributed by atoms with E-state index in [0.717, 1.165) is 11.0 Å². The highest BCUT2D eigenvalue weighted by molar-refractivity contribution is 6.03. The lowest BCUT2D eigenvalue weighted by Gasteiger charge is -2.33. The first-order chi connectivity index (χ1) is 17.0. The van der Waals surface area contributed by atoms with E-state index in [0.29, 0.717) is 12.1 Å². The van der Waals surface area contributed by atoms with Crippen molar-refractivity contribution in [2.24, 2.45) is 0 Å². The maximum absolute atomic E-state index is 13.3. The molecule has 1 atom stereocenters. The molecule has 0 bridgehead atoms. The Hall–Kier alpha value is -3.25. The first-order valence-electron chi connectivity index (χ1n) is 11.0. The van der Waals surface area contributed by atoms with E-state index in [9.17, 15) is 49.1 Å². The monoisotopic (exact) mass is 543 g/mol. The number of Topliss-reactive ketones (excluding diaryl/α,β-unsaturated/α-hetero) is 1. The molecule has 4 nitrogen and oxygen atoms in total. The van der Waals surface area contributed by atoms with Gasteiger partial charge in [-0.25, -0.2) is 4.79 Å². The van der Waals surface area contributed by atoms with Gasteiger partial charge in [-0.1, -0.05) is 13.8 Å². The van der Waals surface area contributed by atoms with E-state index in [1.807, 2.05) is 13.8 Å². The molecule has 0 radical (unpaired) electrons. The van der Waals surface area contributed by atoms with Gasteiger partial charge in [0.15, 0.2) is 5.78 Å². The summed E-state index contributed by atoms with van der Waals surface area (Å²) in [6.45, 7) is 5.14. The smallest absolute Gasteiger partial charge is 0.416 e. The van der Waals surface area contributed by atoms with Crippen LogP contribution in [0.25, 0.3) is 0 Å². The van der Waals surface area contributed by atoms with Crippen LogP contribution in [0.1, 0.15) is 65.7 Å². The molecule has 0 N–H and O–H groups in total. The lowest BCUT2D eigenvalue weighted by Crippen LogP contribution is -2.38. The number of alkyl halides is 9. The Morgan fingerprint density at radius 2 is 1.35 bits per heavy atom. The molecule has 0 fully saturated rings. The lowest BCUT2D eigenvalue weighted by molar-refractivity contribution is -0.143. The summed E-state index contributed by atoms with van der Waals surface area (Å²) >= 11 is 0. The molecule has 1 aliphatic rings. The fourth-order valence-electron chi connectivity index (χ4n) is 3.75. The summed E-state index contributed by atoms with van der Waals surface area (Å²) in [5.74, 6) is -2.78. The molecule has 1 unspecified atom stereocenters. The van der Waals surface area contributed by atoms with Crippen molar-refractivity contribution in [3.05, 3.63) is 64.2 Å². The van der Waals surface area contributed by atoms with Gasteiger partial charge in [-0.2, -0.15) is 39.5 Å².